The summed E-state index contributed by atoms with van der Waals surface area (Å²) in [5, 5.41) is 1.17. The Balaban J connectivity index is 1.66. The Morgan fingerprint density at radius 2 is 2.00 bits per heavy atom. The first-order valence-corrected chi connectivity index (χ1v) is 13.4. The minimum absolute atomic E-state index is 0.460. The number of fused-ring (bicyclic) bond motifs is 2. The molecule has 0 amide bonds. The van der Waals surface area contributed by atoms with Gasteiger partial charge in [-0.2, -0.15) is 12.7 Å². The summed E-state index contributed by atoms with van der Waals surface area (Å²) in [6, 6.07) is 6.67. The molecule has 7 heteroatoms. The van der Waals surface area contributed by atoms with Gasteiger partial charge in [-0.05, 0) is 68.5 Å². The van der Waals surface area contributed by atoms with E-state index >= 15 is 0 Å². The van der Waals surface area contributed by atoms with Crippen molar-refractivity contribution in [2.24, 2.45) is 0 Å². The predicted molar refractivity (Wildman–Crippen MR) is 128 cm³/mol. The van der Waals surface area contributed by atoms with Crippen molar-refractivity contribution in [2.75, 3.05) is 30.9 Å². The number of aryl methyl sites for hydroxylation is 1. The summed E-state index contributed by atoms with van der Waals surface area (Å²) in [6.07, 6.45) is 8.73. The third kappa shape index (κ3) is 4.31. The van der Waals surface area contributed by atoms with E-state index in [2.05, 4.69) is 28.7 Å². The molecule has 0 spiro atoms. The molecule has 0 bridgehead atoms. The van der Waals surface area contributed by atoms with E-state index in [1.165, 1.54) is 62.6 Å². The Bertz CT molecular complexity index is 1040. The smallest absolute Gasteiger partial charge is 0.297 e. The van der Waals surface area contributed by atoms with Crippen LogP contribution in [0.1, 0.15) is 56.4 Å². The molecule has 1 fully saturated rings. The van der Waals surface area contributed by atoms with Gasteiger partial charge in [0.2, 0.25) is 0 Å². The minimum atomic E-state index is -3.53. The average Bonchev–Trinajstić information content (AvgIpc) is 2.90. The highest BCUT2D eigenvalue weighted by Crippen LogP contribution is 2.40. The Morgan fingerprint density at radius 1 is 1.20 bits per heavy atom. The molecule has 0 radical (unpaired) electrons. The van der Waals surface area contributed by atoms with E-state index in [9.17, 15) is 8.42 Å². The molecule has 1 aromatic heterocycles. The van der Waals surface area contributed by atoms with Crippen molar-refractivity contribution < 1.29 is 8.42 Å². The molecule has 2 aromatic rings. The number of benzene rings is 1. The van der Waals surface area contributed by atoms with E-state index < -0.39 is 10.2 Å². The van der Waals surface area contributed by atoms with Gasteiger partial charge in [-0.3, -0.25) is 9.62 Å². The second-order valence-corrected chi connectivity index (χ2v) is 11.3. The molecule has 164 valence electrons. The van der Waals surface area contributed by atoms with Gasteiger partial charge in [0.15, 0.2) is 0 Å². The summed E-state index contributed by atoms with van der Waals surface area (Å²) in [5.74, 6) is 0. The molecule has 1 atom stereocenters. The topological polar surface area (TPSA) is 52.7 Å². The number of anilines is 1. The fourth-order valence-electron chi connectivity index (χ4n) is 4.97. The molecule has 1 unspecified atom stereocenters. The number of hydrogen-bond donors (Lipinski definition) is 1. The van der Waals surface area contributed by atoms with Crippen LogP contribution in [0.4, 0.5) is 5.69 Å². The van der Waals surface area contributed by atoms with Crippen molar-refractivity contribution in [1.29, 1.82) is 0 Å². The van der Waals surface area contributed by atoms with Crippen LogP contribution in [0.5, 0.6) is 0 Å². The summed E-state index contributed by atoms with van der Waals surface area (Å²) in [7, 11) is -3.53. The van der Waals surface area contributed by atoms with Gasteiger partial charge in [-0.15, -0.1) is 11.3 Å². The van der Waals surface area contributed by atoms with E-state index in [4.69, 9.17) is 0 Å². The monoisotopic (exact) mass is 447 g/mol. The van der Waals surface area contributed by atoms with Crippen LogP contribution in [0, 0.1) is 6.92 Å². The molecular weight excluding hydrogens is 414 g/mol. The summed E-state index contributed by atoms with van der Waals surface area (Å²) in [5.41, 5.74) is 3.38. The maximum absolute atomic E-state index is 12.7. The van der Waals surface area contributed by atoms with Crippen molar-refractivity contribution >= 4 is 42.9 Å². The SMILES string of the molecule is CCN(CC)S(=O)(=O)Nc1ccc2sc(C)c(C3=CCN4CCCCC4CC3)c2c1. The van der Waals surface area contributed by atoms with E-state index in [-0.39, 0.29) is 0 Å². The van der Waals surface area contributed by atoms with Gasteiger partial charge in [0, 0.05) is 40.6 Å². The first-order valence-electron chi connectivity index (χ1n) is 11.2. The van der Waals surface area contributed by atoms with E-state index in [1.807, 2.05) is 26.0 Å². The lowest BCUT2D eigenvalue weighted by atomic mass is 9.94. The molecule has 1 saturated heterocycles. The number of rotatable bonds is 6. The van der Waals surface area contributed by atoms with Crippen molar-refractivity contribution in [3.05, 3.63) is 34.7 Å². The lowest BCUT2D eigenvalue weighted by Crippen LogP contribution is -2.38. The van der Waals surface area contributed by atoms with Crippen molar-refractivity contribution in [2.45, 2.75) is 58.9 Å². The molecule has 5 nitrogen and oxygen atoms in total. The largest absolute Gasteiger partial charge is 0.301 e. The van der Waals surface area contributed by atoms with E-state index in [0.29, 0.717) is 24.8 Å². The molecule has 2 aliphatic rings. The van der Waals surface area contributed by atoms with Crippen LogP contribution in [0.25, 0.3) is 15.7 Å². The van der Waals surface area contributed by atoms with E-state index in [1.54, 1.807) is 11.3 Å². The number of nitrogens with zero attached hydrogens (tertiary/aromatic N) is 2. The van der Waals surface area contributed by atoms with Crippen LogP contribution in [-0.4, -0.2) is 49.8 Å². The molecule has 1 N–H and O–H groups in total. The standard InChI is InChI=1S/C23H33N3O2S2/c1-4-26(5-2)30(27,28)24-19-10-12-22-21(16-19)23(17(3)29-22)18-9-11-20-8-6-7-14-25(20)15-13-18/h10,12-13,16,20,24H,4-9,11,14-15H2,1-3H3. The number of thiophene rings is 1. The number of allylic oxidation sites excluding steroid dienone is 1. The minimum Gasteiger partial charge on any atom is -0.297 e. The molecule has 30 heavy (non-hydrogen) atoms. The number of piperidine rings is 1. The number of nitrogens with one attached hydrogen (secondary N) is 1. The quantitative estimate of drug-likeness (QED) is 0.659. The van der Waals surface area contributed by atoms with Crippen molar-refractivity contribution in [3.8, 4) is 0 Å². The van der Waals surface area contributed by atoms with Crippen LogP contribution in [0.15, 0.2) is 24.3 Å². The number of hydrogen-bond acceptors (Lipinski definition) is 4. The Kier molecular flexibility index (Phi) is 6.53. The molecule has 0 aliphatic carbocycles. The Hall–Kier alpha value is -1.41. The van der Waals surface area contributed by atoms with Gasteiger partial charge < -0.3 is 0 Å². The Labute approximate surface area is 184 Å². The summed E-state index contributed by atoms with van der Waals surface area (Å²) < 4.78 is 30.8. The summed E-state index contributed by atoms with van der Waals surface area (Å²) in [6.45, 7) is 9.08. The molecule has 1 aromatic carbocycles. The van der Waals surface area contributed by atoms with E-state index in [0.717, 1.165) is 13.0 Å². The normalized spacial score (nSPS) is 20.8. The predicted octanol–water partition coefficient (Wildman–Crippen LogP) is 5.24. The lowest BCUT2D eigenvalue weighted by Gasteiger charge is -2.33. The first kappa shape index (κ1) is 21.8. The lowest BCUT2D eigenvalue weighted by molar-refractivity contribution is 0.161. The molecular formula is C23H33N3O2S2. The highest BCUT2D eigenvalue weighted by Gasteiger charge is 2.26. The third-order valence-electron chi connectivity index (χ3n) is 6.55. The third-order valence-corrected chi connectivity index (χ3v) is 9.32. The molecule has 4 rings (SSSR count). The fraction of sp³-hybridized carbons (Fsp3) is 0.565. The Morgan fingerprint density at radius 3 is 2.77 bits per heavy atom. The molecule has 0 saturated carbocycles. The average molecular weight is 448 g/mol. The highest BCUT2D eigenvalue weighted by atomic mass is 32.2. The second kappa shape index (κ2) is 8.99. The zero-order valence-electron chi connectivity index (χ0n) is 18.3. The maximum Gasteiger partial charge on any atom is 0.301 e. The molecule has 2 aliphatic heterocycles. The van der Waals surface area contributed by atoms with Crippen molar-refractivity contribution in [3.63, 3.8) is 0 Å². The highest BCUT2D eigenvalue weighted by molar-refractivity contribution is 7.90. The van der Waals surface area contributed by atoms with Gasteiger partial charge in [0.1, 0.15) is 0 Å². The van der Waals surface area contributed by atoms with Crippen LogP contribution in [0.3, 0.4) is 0 Å². The zero-order valence-corrected chi connectivity index (χ0v) is 19.9. The van der Waals surface area contributed by atoms with Crippen LogP contribution in [-0.2, 0) is 10.2 Å². The summed E-state index contributed by atoms with van der Waals surface area (Å²) in [4.78, 5) is 3.96. The van der Waals surface area contributed by atoms with Crippen LogP contribution >= 0.6 is 11.3 Å². The van der Waals surface area contributed by atoms with Crippen LogP contribution < -0.4 is 4.72 Å². The van der Waals surface area contributed by atoms with Crippen molar-refractivity contribution in [1.82, 2.24) is 9.21 Å². The fourth-order valence-corrected chi connectivity index (χ4v) is 7.28. The maximum atomic E-state index is 12.7. The van der Waals surface area contributed by atoms with Gasteiger partial charge in [0.05, 0.1) is 5.69 Å². The molecule has 3 heterocycles. The van der Waals surface area contributed by atoms with Gasteiger partial charge in [-0.25, -0.2) is 0 Å². The zero-order chi connectivity index (χ0) is 21.3. The second-order valence-electron chi connectivity index (χ2n) is 8.35. The summed E-state index contributed by atoms with van der Waals surface area (Å²) >= 11 is 1.80. The van der Waals surface area contributed by atoms with Crippen LogP contribution in [0.2, 0.25) is 0 Å². The first-order chi connectivity index (χ1) is 14.4. The van der Waals surface area contributed by atoms with Gasteiger partial charge in [0.25, 0.3) is 0 Å². The van der Waals surface area contributed by atoms with Gasteiger partial charge in [-0.1, -0.05) is 26.3 Å². The van der Waals surface area contributed by atoms with Gasteiger partial charge >= 0.3 is 10.2 Å².